The van der Waals surface area contributed by atoms with Gasteiger partial charge in [0.25, 0.3) is 0 Å². The molecule has 0 amide bonds. The van der Waals surface area contributed by atoms with E-state index in [0.29, 0.717) is 0 Å². The second-order valence-electron chi connectivity index (χ2n) is 8.85. The highest BCUT2D eigenvalue weighted by Crippen LogP contribution is 2.32. The highest BCUT2D eigenvalue weighted by atomic mass is 19.5. The summed E-state index contributed by atoms with van der Waals surface area (Å²) in [4.78, 5) is 2.54. The van der Waals surface area contributed by atoms with E-state index in [1.54, 1.807) is 0 Å². The molecule has 2 nitrogen and oxygen atoms in total. The van der Waals surface area contributed by atoms with E-state index in [2.05, 4.69) is 79.9 Å². The molecular formula is C27H39BF4N2. The first-order valence-corrected chi connectivity index (χ1v) is 12.7. The van der Waals surface area contributed by atoms with Gasteiger partial charge in [0.1, 0.15) is 24.5 Å². The van der Waals surface area contributed by atoms with Crippen LogP contribution in [0, 0.1) is 0 Å². The molecule has 2 aromatic rings. The van der Waals surface area contributed by atoms with Crippen LogP contribution in [-0.2, 0) is 25.7 Å². The van der Waals surface area contributed by atoms with Gasteiger partial charge >= 0.3 is 7.25 Å². The maximum Gasteiger partial charge on any atom is 0.673 e. The van der Waals surface area contributed by atoms with E-state index >= 15 is 0 Å². The van der Waals surface area contributed by atoms with Crippen molar-refractivity contribution in [2.75, 3.05) is 18.0 Å². The molecule has 2 aromatic carbocycles. The summed E-state index contributed by atoms with van der Waals surface area (Å²) in [6, 6.07) is 13.8. The monoisotopic (exact) mass is 478 g/mol. The van der Waals surface area contributed by atoms with Crippen LogP contribution in [0.2, 0.25) is 0 Å². The lowest BCUT2D eigenvalue weighted by Crippen LogP contribution is -2.21. The van der Waals surface area contributed by atoms with E-state index in [-0.39, 0.29) is 0 Å². The zero-order valence-corrected chi connectivity index (χ0v) is 21.1. The first kappa shape index (κ1) is 27.9. The largest absolute Gasteiger partial charge is 0.673 e. The molecule has 34 heavy (non-hydrogen) atoms. The minimum absolute atomic E-state index is 1.07. The second-order valence-corrected chi connectivity index (χ2v) is 8.85. The fourth-order valence-electron chi connectivity index (χ4n) is 4.75. The second kappa shape index (κ2) is 13.5. The molecule has 0 saturated carbocycles. The summed E-state index contributed by atoms with van der Waals surface area (Å²) in [7, 11) is -6.00. The third kappa shape index (κ3) is 8.17. The van der Waals surface area contributed by atoms with E-state index in [1.165, 1.54) is 59.3 Å². The molecule has 0 atom stereocenters. The molecule has 0 spiro atoms. The fourth-order valence-corrected chi connectivity index (χ4v) is 4.75. The summed E-state index contributed by atoms with van der Waals surface area (Å²) in [5.41, 5.74) is 8.98. The lowest BCUT2D eigenvalue weighted by atomic mass is 9.99. The standard InChI is InChI=1S/C27H39N2.BF4/c1-5-11-22-15-9-16-23(12-6-2)26(22)28-19-20-29(21-28)27-24(13-7-3)17-10-18-25(27)14-8-4;2-1(3,4)5/h9-10,15-18,21H,5-8,11-14,19-20H2,1-4H3;/q+1;-1. The predicted molar refractivity (Wildman–Crippen MR) is 137 cm³/mol. The minimum atomic E-state index is -6.00. The van der Waals surface area contributed by atoms with Crippen molar-refractivity contribution >= 4 is 25.0 Å². The summed E-state index contributed by atoms with van der Waals surface area (Å²) in [5, 5.41) is 0. The van der Waals surface area contributed by atoms with Crippen molar-refractivity contribution in [3.63, 3.8) is 0 Å². The number of hydrogen-bond donors (Lipinski definition) is 0. The van der Waals surface area contributed by atoms with E-state index < -0.39 is 7.25 Å². The van der Waals surface area contributed by atoms with Crippen LogP contribution >= 0.6 is 0 Å². The molecule has 188 valence electrons. The number of halogens is 4. The third-order valence-corrected chi connectivity index (χ3v) is 5.92. The molecule has 0 bridgehead atoms. The Labute approximate surface area is 202 Å². The van der Waals surface area contributed by atoms with Gasteiger partial charge in [-0.2, -0.15) is 0 Å². The van der Waals surface area contributed by atoms with Gasteiger partial charge < -0.3 is 17.3 Å². The molecule has 0 unspecified atom stereocenters. The van der Waals surface area contributed by atoms with Crippen molar-refractivity contribution in [1.29, 1.82) is 0 Å². The maximum atomic E-state index is 9.75. The fraction of sp³-hybridized carbons (Fsp3) is 0.519. The van der Waals surface area contributed by atoms with Crippen LogP contribution in [0.4, 0.5) is 28.6 Å². The van der Waals surface area contributed by atoms with Crippen molar-refractivity contribution in [2.45, 2.75) is 79.1 Å². The Morgan fingerprint density at radius 1 is 0.706 bits per heavy atom. The van der Waals surface area contributed by atoms with Crippen molar-refractivity contribution in [1.82, 2.24) is 0 Å². The Hall–Kier alpha value is -2.31. The Kier molecular flexibility index (Phi) is 11.1. The predicted octanol–water partition coefficient (Wildman–Crippen LogP) is 7.99. The van der Waals surface area contributed by atoms with Gasteiger partial charge in [0.05, 0.1) is 0 Å². The molecule has 0 radical (unpaired) electrons. The smallest absolute Gasteiger partial charge is 0.418 e. The van der Waals surface area contributed by atoms with Crippen LogP contribution in [0.5, 0.6) is 0 Å². The highest BCUT2D eigenvalue weighted by Gasteiger charge is 2.28. The van der Waals surface area contributed by atoms with Gasteiger partial charge in [-0.3, -0.25) is 0 Å². The lowest BCUT2D eigenvalue weighted by molar-refractivity contribution is -0.425. The molecule has 0 aromatic heterocycles. The molecule has 1 heterocycles. The Morgan fingerprint density at radius 2 is 1.09 bits per heavy atom. The van der Waals surface area contributed by atoms with Crippen LogP contribution in [0.15, 0.2) is 36.4 Å². The quantitative estimate of drug-likeness (QED) is 0.191. The van der Waals surface area contributed by atoms with E-state index in [4.69, 9.17) is 0 Å². The van der Waals surface area contributed by atoms with Gasteiger partial charge in [-0.25, -0.2) is 9.48 Å². The average molecular weight is 478 g/mol. The first-order chi connectivity index (χ1) is 16.2. The number of nitrogens with zero attached hydrogens (tertiary/aromatic N) is 2. The zero-order chi connectivity index (χ0) is 25.1. The molecule has 7 heteroatoms. The van der Waals surface area contributed by atoms with Crippen LogP contribution < -0.4 is 4.90 Å². The topological polar surface area (TPSA) is 6.25 Å². The highest BCUT2D eigenvalue weighted by molar-refractivity contribution is 6.50. The molecule has 1 aliphatic heterocycles. The van der Waals surface area contributed by atoms with Gasteiger partial charge in [-0.1, -0.05) is 89.8 Å². The van der Waals surface area contributed by atoms with E-state index in [1.807, 2.05) is 0 Å². The lowest BCUT2D eigenvalue weighted by Gasteiger charge is -2.16. The van der Waals surface area contributed by atoms with Gasteiger partial charge in [0, 0.05) is 0 Å². The molecule has 0 saturated heterocycles. The van der Waals surface area contributed by atoms with Crippen molar-refractivity contribution in [3.8, 4) is 0 Å². The molecule has 0 N–H and O–H groups in total. The summed E-state index contributed by atoms with van der Waals surface area (Å²) >= 11 is 0. The number of aryl methyl sites for hydroxylation is 4. The van der Waals surface area contributed by atoms with Crippen LogP contribution in [0.25, 0.3) is 0 Å². The third-order valence-electron chi connectivity index (χ3n) is 5.92. The molecular weight excluding hydrogens is 439 g/mol. The summed E-state index contributed by atoms with van der Waals surface area (Å²) in [6.07, 6.45) is 11.8. The number of benzene rings is 2. The molecule has 3 rings (SSSR count). The van der Waals surface area contributed by atoms with Gasteiger partial charge in [-0.05, 0) is 47.9 Å². The zero-order valence-electron chi connectivity index (χ0n) is 21.1. The molecule has 0 aliphatic carbocycles. The minimum Gasteiger partial charge on any atom is -0.418 e. The number of rotatable bonds is 10. The van der Waals surface area contributed by atoms with Crippen molar-refractivity contribution in [2.24, 2.45) is 0 Å². The Morgan fingerprint density at radius 3 is 1.50 bits per heavy atom. The van der Waals surface area contributed by atoms with Crippen LogP contribution in [0.3, 0.4) is 0 Å². The van der Waals surface area contributed by atoms with E-state index in [0.717, 1.165) is 38.8 Å². The Bertz CT molecular complexity index is 886. The summed E-state index contributed by atoms with van der Waals surface area (Å²) < 4.78 is 41.5. The van der Waals surface area contributed by atoms with E-state index in [9.17, 15) is 17.3 Å². The van der Waals surface area contributed by atoms with Crippen LogP contribution in [0.1, 0.15) is 75.6 Å². The SMILES string of the molecule is CCCc1cccc(CCC)c1N1C=[N+](c2c(CCC)cccc2CCC)CC1.F[B-](F)(F)F. The van der Waals surface area contributed by atoms with Gasteiger partial charge in [-0.15, -0.1) is 0 Å². The number of anilines is 1. The normalized spacial score (nSPS) is 13.5. The number of hydrogen-bond acceptors (Lipinski definition) is 1. The first-order valence-electron chi connectivity index (χ1n) is 12.7. The van der Waals surface area contributed by atoms with Crippen LogP contribution in [-0.4, -0.2) is 31.3 Å². The van der Waals surface area contributed by atoms with Gasteiger partial charge in [0.2, 0.25) is 6.34 Å². The maximum absolute atomic E-state index is 9.75. The average Bonchev–Trinajstić information content (AvgIpc) is 3.23. The van der Waals surface area contributed by atoms with Crippen molar-refractivity contribution in [3.05, 3.63) is 58.7 Å². The molecule has 0 fully saturated rings. The Balaban J connectivity index is 0.000000739. The summed E-state index contributed by atoms with van der Waals surface area (Å²) in [6.45, 7) is 11.3. The number of para-hydroxylation sites is 2. The van der Waals surface area contributed by atoms with Gasteiger partial charge in [0.15, 0.2) is 0 Å². The summed E-state index contributed by atoms with van der Waals surface area (Å²) in [5.74, 6) is 0. The van der Waals surface area contributed by atoms with Crippen molar-refractivity contribution < 1.29 is 21.8 Å². The molecule has 1 aliphatic rings.